The van der Waals surface area contributed by atoms with Crippen LogP contribution in [0.4, 0.5) is 0 Å². The predicted octanol–water partition coefficient (Wildman–Crippen LogP) is 4.34. The van der Waals surface area contributed by atoms with Crippen LogP contribution in [0.5, 0.6) is 0 Å². The average Bonchev–Trinajstić information content (AvgIpc) is 2.91. The monoisotopic (exact) mass is 268 g/mol. The number of fused-ring (bicyclic) bond motifs is 3. The van der Waals surface area contributed by atoms with Crippen molar-refractivity contribution >= 4 is 21.9 Å². The van der Waals surface area contributed by atoms with Gasteiger partial charge < -0.3 is 4.98 Å². The Bertz CT molecular complexity index is 735. The fraction of sp³-hybridized carbons (Fsp3) is 0.312. The molecule has 2 heterocycles. The lowest BCUT2D eigenvalue weighted by Crippen LogP contribution is -1.82. The third-order valence-corrected chi connectivity index (χ3v) is 2.56. The third-order valence-electron chi connectivity index (χ3n) is 2.56. The number of rotatable bonds is 0. The van der Waals surface area contributed by atoms with Crippen LogP contribution in [0.1, 0.15) is 39.1 Å². The lowest BCUT2D eigenvalue weighted by molar-refractivity contribution is 1.17. The van der Waals surface area contributed by atoms with Gasteiger partial charge in [0, 0.05) is 5.39 Å². The zero-order valence-corrected chi connectivity index (χ0v) is 12.7. The van der Waals surface area contributed by atoms with Crippen LogP contribution in [0.25, 0.3) is 21.9 Å². The fourth-order valence-corrected chi connectivity index (χ4v) is 1.85. The molecule has 1 N–H and O–H groups in total. The van der Waals surface area contributed by atoms with Crippen molar-refractivity contribution in [1.82, 2.24) is 15.0 Å². The lowest BCUT2D eigenvalue weighted by atomic mass is 10.1. The molecule has 0 aliphatic rings. The van der Waals surface area contributed by atoms with Gasteiger partial charge >= 0.3 is 0 Å². The molecule has 1 aromatic carbocycles. The molecule has 0 unspecified atom stereocenters. The molecule has 20 heavy (non-hydrogen) atoms. The van der Waals surface area contributed by atoms with Crippen LogP contribution in [-0.2, 0) is 0 Å². The van der Waals surface area contributed by atoms with E-state index in [-0.39, 0.29) is 0 Å². The van der Waals surface area contributed by atoms with Crippen LogP contribution in [0.15, 0.2) is 24.4 Å². The van der Waals surface area contributed by atoms with Gasteiger partial charge in [0.05, 0.1) is 34.4 Å². The summed E-state index contributed by atoms with van der Waals surface area (Å²) < 4.78 is 0. The Kier molecular flexibility index (Phi) is 5.67. The van der Waals surface area contributed by atoms with Gasteiger partial charge in [0.15, 0.2) is 0 Å². The summed E-state index contributed by atoms with van der Waals surface area (Å²) in [7, 11) is 0. The second kappa shape index (κ2) is 7.25. The molecule has 0 aliphatic heterocycles. The maximum absolute atomic E-state index is 8.88. The summed E-state index contributed by atoms with van der Waals surface area (Å²) in [6.45, 7) is 9.90. The second-order valence-corrected chi connectivity index (χ2v) is 3.69. The number of nitrogens with one attached hydrogen (secondary N) is 1. The van der Waals surface area contributed by atoms with Gasteiger partial charge in [0.25, 0.3) is 0 Å². The Hall–Kier alpha value is -2.41. The van der Waals surface area contributed by atoms with Crippen LogP contribution in [0.3, 0.4) is 0 Å². The molecule has 0 amide bonds. The Morgan fingerprint density at radius 2 is 1.85 bits per heavy atom. The molecule has 0 fully saturated rings. The first kappa shape index (κ1) is 15.6. The highest BCUT2D eigenvalue weighted by Crippen LogP contribution is 2.22. The topological polar surface area (TPSA) is 65.4 Å². The van der Waals surface area contributed by atoms with E-state index < -0.39 is 0 Å². The number of hydrogen-bond donors (Lipinski definition) is 1. The van der Waals surface area contributed by atoms with Crippen molar-refractivity contribution in [2.75, 3.05) is 0 Å². The molecule has 3 rings (SSSR count). The normalized spacial score (nSPS) is 9.20. The minimum Gasteiger partial charge on any atom is -0.341 e. The van der Waals surface area contributed by atoms with Crippen LogP contribution in [-0.4, -0.2) is 15.0 Å². The quantitative estimate of drug-likeness (QED) is 0.659. The molecule has 0 radical (unpaired) electrons. The van der Waals surface area contributed by atoms with Gasteiger partial charge in [-0.25, -0.2) is 4.98 Å². The van der Waals surface area contributed by atoms with E-state index in [0.29, 0.717) is 5.56 Å². The zero-order valence-electron chi connectivity index (χ0n) is 12.7. The van der Waals surface area contributed by atoms with E-state index in [1.54, 1.807) is 12.3 Å². The van der Waals surface area contributed by atoms with Crippen LogP contribution >= 0.6 is 0 Å². The number of nitriles is 1. The molecule has 0 spiro atoms. The summed E-state index contributed by atoms with van der Waals surface area (Å²) >= 11 is 0. The summed E-state index contributed by atoms with van der Waals surface area (Å²) in [4.78, 5) is 11.9. The van der Waals surface area contributed by atoms with Gasteiger partial charge in [-0.05, 0) is 25.1 Å². The molecular formula is C16H20N4. The van der Waals surface area contributed by atoms with Crippen LogP contribution in [0, 0.1) is 18.3 Å². The van der Waals surface area contributed by atoms with Crippen molar-refractivity contribution in [2.24, 2.45) is 0 Å². The second-order valence-electron chi connectivity index (χ2n) is 3.69. The van der Waals surface area contributed by atoms with E-state index in [0.717, 1.165) is 27.8 Å². The highest BCUT2D eigenvalue weighted by atomic mass is 14.9. The number of aryl methyl sites for hydroxylation is 1. The van der Waals surface area contributed by atoms with Crippen LogP contribution < -0.4 is 0 Å². The molecule has 104 valence electrons. The highest BCUT2D eigenvalue weighted by molar-refractivity contribution is 6.02. The Morgan fingerprint density at radius 1 is 1.15 bits per heavy atom. The number of pyridine rings is 1. The van der Waals surface area contributed by atoms with Gasteiger partial charge in [0.2, 0.25) is 0 Å². The third kappa shape index (κ3) is 2.94. The molecule has 0 saturated carbocycles. The minimum absolute atomic E-state index is 0.627. The van der Waals surface area contributed by atoms with Crippen molar-refractivity contribution in [3.05, 3.63) is 35.8 Å². The molecule has 4 nitrogen and oxygen atoms in total. The Labute approximate surface area is 119 Å². The van der Waals surface area contributed by atoms with Crippen molar-refractivity contribution in [2.45, 2.75) is 34.6 Å². The molecular weight excluding hydrogens is 248 g/mol. The Morgan fingerprint density at radius 3 is 2.50 bits per heavy atom. The first-order valence-electron chi connectivity index (χ1n) is 6.93. The number of aromatic nitrogens is 3. The first-order chi connectivity index (χ1) is 9.78. The molecule has 0 bridgehead atoms. The van der Waals surface area contributed by atoms with Crippen molar-refractivity contribution in [3.8, 4) is 6.07 Å². The van der Waals surface area contributed by atoms with E-state index >= 15 is 0 Å². The molecule has 0 saturated heterocycles. The minimum atomic E-state index is 0.627. The van der Waals surface area contributed by atoms with E-state index in [1.165, 1.54) is 0 Å². The van der Waals surface area contributed by atoms with Crippen molar-refractivity contribution in [3.63, 3.8) is 0 Å². The van der Waals surface area contributed by atoms with Crippen molar-refractivity contribution < 1.29 is 0 Å². The number of aromatic amines is 1. The van der Waals surface area contributed by atoms with E-state index in [2.05, 4.69) is 21.0 Å². The molecule has 4 heteroatoms. The van der Waals surface area contributed by atoms with Gasteiger partial charge in [-0.2, -0.15) is 5.26 Å². The van der Waals surface area contributed by atoms with Gasteiger partial charge in [-0.15, -0.1) is 0 Å². The standard InChI is InChI=1S/C12H8N4.2C2H6/c1-7-15-11-6-14-10-3-2-8(5-13)4-9(10)12(11)16-7;2*1-2/h2-4,6H,1H3,(H,15,16);2*1-2H3. The lowest BCUT2D eigenvalue weighted by Gasteiger charge is -1.97. The molecule has 0 atom stereocenters. The van der Waals surface area contributed by atoms with Crippen molar-refractivity contribution in [1.29, 1.82) is 5.26 Å². The maximum atomic E-state index is 8.88. The number of imidazole rings is 1. The summed E-state index contributed by atoms with van der Waals surface area (Å²) in [5.41, 5.74) is 3.26. The van der Waals surface area contributed by atoms with E-state index in [4.69, 9.17) is 5.26 Å². The maximum Gasteiger partial charge on any atom is 0.104 e. The number of H-pyrrole nitrogens is 1. The summed E-state index contributed by atoms with van der Waals surface area (Å²) in [6, 6.07) is 7.56. The number of benzene rings is 1. The van der Waals surface area contributed by atoms with E-state index in [9.17, 15) is 0 Å². The average molecular weight is 268 g/mol. The number of nitrogens with zero attached hydrogens (tertiary/aromatic N) is 3. The summed E-state index contributed by atoms with van der Waals surface area (Å²) in [5.74, 6) is 0.853. The molecule has 0 aliphatic carbocycles. The predicted molar refractivity (Wildman–Crippen MR) is 83.5 cm³/mol. The largest absolute Gasteiger partial charge is 0.341 e. The van der Waals surface area contributed by atoms with E-state index in [1.807, 2.05) is 46.8 Å². The molecule has 2 aromatic heterocycles. The van der Waals surface area contributed by atoms with Gasteiger partial charge in [-0.1, -0.05) is 27.7 Å². The summed E-state index contributed by atoms with van der Waals surface area (Å²) in [5, 5.41) is 9.79. The smallest absolute Gasteiger partial charge is 0.104 e. The summed E-state index contributed by atoms with van der Waals surface area (Å²) in [6.07, 6.45) is 1.77. The highest BCUT2D eigenvalue weighted by Gasteiger charge is 2.06. The number of hydrogen-bond acceptors (Lipinski definition) is 3. The zero-order chi connectivity index (χ0) is 15.1. The van der Waals surface area contributed by atoms with Crippen LogP contribution in [0.2, 0.25) is 0 Å². The Balaban J connectivity index is 0.000000461. The fourth-order valence-electron chi connectivity index (χ4n) is 1.85. The van der Waals surface area contributed by atoms with Gasteiger partial charge in [0.1, 0.15) is 5.82 Å². The first-order valence-corrected chi connectivity index (χ1v) is 6.93. The molecule has 3 aromatic rings. The van der Waals surface area contributed by atoms with Gasteiger partial charge in [-0.3, -0.25) is 4.98 Å². The SMILES string of the molecule is CC.CC.Cc1nc2c(cnc3ccc(C#N)cc32)[nH]1.